The van der Waals surface area contributed by atoms with Crippen LogP contribution in [-0.4, -0.2) is 23.1 Å². The Morgan fingerprint density at radius 2 is 1.57 bits per heavy atom. The maximum absolute atomic E-state index is 6.89. The number of halogens is 1. The minimum atomic E-state index is 0.318. The molecule has 5 rings (SSSR count). The molecule has 0 unspecified atom stereocenters. The van der Waals surface area contributed by atoms with E-state index in [0.717, 1.165) is 53.5 Å². The van der Waals surface area contributed by atoms with Gasteiger partial charge in [-0.1, -0.05) is 56.0 Å². The number of hydrogen-bond acceptors (Lipinski definition) is 2. The quantitative estimate of drug-likeness (QED) is 0.485. The largest absolute Gasteiger partial charge is 0.489 e. The van der Waals surface area contributed by atoms with Crippen LogP contribution in [-0.2, 0) is 6.54 Å². The monoisotopic (exact) mass is 425 g/mol. The van der Waals surface area contributed by atoms with E-state index in [1.165, 1.54) is 68.7 Å². The van der Waals surface area contributed by atoms with Gasteiger partial charge in [0.1, 0.15) is 5.75 Å². The van der Waals surface area contributed by atoms with Crippen molar-refractivity contribution in [2.75, 3.05) is 0 Å². The van der Waals surface area contributed by atoms with E-state index in [9.17, 15) is 0 Å². The van der Waals surface area contributed by atoms with Crippen molar-refractivity contribution in [2.45, 2.75) is 102 Å². The molecule has 3 aliphatic rings. The normalized spacial score (nSPS) is 29.8. The fourth-order valence-corrected chi connectivity index (χ4v) is 6.51. The average molecular weight is 426 g/mol. The third-order valence-electron chi connectivity index (χ3n) is 8.10. The van der Waals surface area contributed by atoms with Crippen LogP contribution in [0.5, 0.6) is 5.75 Å². The Morgan fingerprint density at radius 3 is 2.23 bits per heavy atom. The Labute approximate surface area is 186 Å². The first-order chi connectivity index (χ1) is 14.7. The lowest BCUT2D eigenvalue weighted by atomic mass is 9.84. The van der Waals surface area contributed by atoms with E-state index in [0.29, 0.717) is 6.10 Å². The maximum atomic E-state index is 6.89. The van der Waals surface area contributed by atoms with Crippen molar-refractivity contribution in [3.05, 3.63) is 40.9 Å². The van der Waals surface area contributed by atoms with Crippen molar-refractivity contribution in [2.24, 2.45) is 5.92 Å². The van der Waals surface area contributed by atoms with Crippen LogP contribution in [0.15, 0.2) is 30.3 Å². The van der Waals surface area contributed by atoms with E-state index in [1.807, 2.05) is 0 Å². The molecule has 1 saturated carbocycles. The van der Waals surface area contributed by atoms with Gasteiger partial charge in [0.25, 0.3) is 0 Å². The molecule has 2 aromatic carbocycles. The zero-order chi connectivity index (χ0) is 20.5. The van der Waals surface area contributed by atoms with Gasteiger partial charge in [-0.3, -0.25) is 4.90 Å². The lowest BCUT2D eigenvalue weighted by Gasteiger charge is -2.46. The number of benzene rings is 2. The van der Waals surface area contributed by atoms with E-state index in [2.05, 4.69) is 42.2 Å². The number of piperidine rings is 2. The summed E-state index contributed by atoms with van der Waals surface area (Å²) in [6.07, 6.45) is 14.8. The summed E-state index contributed by atoms with van der Waals surface area (Å²) >= 11 is 6.89. The second kappa shape index (κ2) is 9.09. The number of fused-ring (bicyclic) bond motifs is 3. The van der Waals surface area contributed by atoms with E-state index in [4.69, 9.17) is 16.3 Å². The van der Waals surface area contributed by atoms with Gasteiger partial charge in [0.2, 0.25) is 0 Å². The second-order valence-electron chi connectivity index (χ2n) is 9.94. The van der Waals surface area contributed by atoms with Crippen molar-refractivity contribution < 1.29 is 4.74 Å². The molecule has 0 N–H and O–H groups in total. The summed E-state index contributed by atoms with van der Waals surface area (Å²) in [6, 6.07) is 12.7. The third kappa shape index (κ3) is 4.23. The predicted molar refractivity (Wildman–Crippen MR) is 126 cm³/mol. The van der Waals surface area contributed by atoms with Gasteiger partial charge in [-0.05, 0) is 80.4 Å². The molecule has 0 atom stereocenters. The Morgan fingerprint density at radius 1 is 0.900 bits per heavy atom. The van der Waals surface area contributed by atoms with Crippen LogP contribution in [0.25, 0.3) is 10.8 Å². The van der Waals surface area contributed by atoms with Gasteiger partial charge in [0.15, 0.2) is 0 Å². The van der Waals surface area contributed by atoms with Crippen LogP contribution in [0.2, 0.25) is 5.02 Å². The molecule has 2 bridgehead atoms. The molecule has 2 nitrogen and oxygen atoms in total. The molecule has 0 radical (unpaired) electrons. The lowest BCUT2D eigenvalue weighted by Crippen LogP contribution is -2.48. The van der Waals surface area contributed by atoms with Gasteiger partial charge >= 0.3 is 0 Å². The number of hydrogen-bond donors (Lipinski definition) is 0. The summed E-state index contributed by atoms with van der Waals surface area (Å²) in [4.78, 5) is 2.79. The van der Waals surface area contributed by atoms with Gasteiger partial charge in [0, 0.05) is 24.0 Å². The van der Waals surface area contributed by atoms with E-state index >= 15 is 0 Å². The fourth-order valence-electron chi connectivity index (χ4n) is 6.23. The van der Waals surface area contributed by atoms with E-state index in [-0.39, 0.29) is 0 Å². The van der Waals surface area contributed by atoms with Crippen LogP contribution in [0.4, 0.5) is 0 Å². The smallest absolute Gasteiger partial charge is 0.138 e. The van der Waals surface area contributed by atoms with Crippen LogP contribution in [0.3, 0.4) is 0 Å². The SMILES string of the molecule is CCC1CCC(Oc2ccc3ccc(CN4C5CCCC4CCC5)cc3c2Cl)CC1. The van der Waals surface area contributed by atoms with Gasteiger partial charge in [-0.15, -0.1) is 0 Å². The summed E-state index contributed by atoms with van der Waals surface area (Å²) in [5, 5.41) is 3.16. The Hall–Kier alpha value is -1.25. The molecular formula is C27H36ClNO. The predicted octanol–water partition coefficient (Wildman–Crippen LogP) is 7.75. The fraction of sp³-hybridized carbons (Fsp3) is 0.630. The maximum Gasteiger partial charge on any atom is 0.138 e. The molecule has 2 aromatic rings. The lowest BCUT2D eigenvalue weighted by molar-refractivity contribution is 0.0332. The van der Waals surface area contributed by atoms with E-state index < -0.39 is 0 Å². The average Bonchev–Trinajstić information content (AvgIpc) is 2.76. The van der Waals surface area contributed by atoms with Crippen molar-refractivity contribution in [1.29, 1.82) is 0 Å². The van der Waals surface area contributed by atoms with Gasteiger partial charge in [-0.2, -0.15) is 0 Å². The zero-order valence-corrected chi connectivity index (χ0v) is 19.2. The minimum absolute atomic E-state index is 0.318. The third-order valence-corrected chi connectivity index (χ3v) is 8.49. The zero-order valence-electron chi connectivity index (χ0n) is 18.4. The van der Waals surface area contributed by atoms with Crippen molar-refractivity contribution in [1.82, 2.24) is 4.90 Å². The molecule has 2 heterocycles. The topological polar surface area (TPSA) is 12.5 Å². The highest BCUT2D eigenvalue weighted by molar-refractivity contribution is 6.37. The Kier molecular flexibility index (Phi) is 6.25. The molecule has 162 valence electrons. The summed E-state index contributed by atoms with van der Waals surface area (Å²) < 4.78 is 6.40. The van der Waals surface area contributed by atoms with Crippen LogP contribution >= 0.6 is 11.6 Å². The molecule has 2 aliphatic heterocycles. The molecule has 1 aliphatic carbocycles. The van der Waals surface area contributed by atoms with Gasteiger partial charge < -0.3 is 4.74 Å². The standard InChI is InChI=1S/C27H36ClNO/c1-2-19-10-14-24(15-11-19)30-26-16-13-21-12-9-20(17-25(21)27(26)28)18-29-22-5-3-6-23(29)8-4-7-22/h9,12-13,16-17,19,22-24H,2-8,10-11,14-15,18H2,1H3. The Balaban J connectivity index is 1.34. The number of rotatable bonds is 5. The molecule has 3 heteroatoms. The summed E-state index contributed by atoms with van der Waals surface area (Å²) in [6.45, 7) is 3.37. The Bertz CT molecular complexity index is 851. The highest BCUT2D eigenvalue weighted by Gasteiger charge is 2.33. The van der Waals surface area contributed by atoms with Crippen molar-refractivity contribution in [3.8, 4) is 5.75 Å². The highest BCUT2D eigenvalue weighted by Crippen LogP contribution is 2.38. The highest BCUT2D eigenvalue weighted by atomic mass is 35.5. The minimum Gasteiger partial charge on any atom is -0.489 e. The summed E-state index contributed by atoms with van der Waals surface area (Å²) in [7, 11) is 0. The van der Waals surface area contributed by atoms with Crippen LogP contribution in [0, 0.1) is 5.92 Å². The van der Waals surface area contributed by atoms with E-state index in [1.54, 1.807) is 0 Å². The first-order valence-electron chi connectivity index (χ1n) is 12.3. The summed E-state index contributed by atoms with van der Waals surface area (Å²) in [5.41, 5.74) is 1.39. The van der Waals surface area contributed by atoms with Gasteiger partial charge in [-0.25, -0.2) is 0 Å². The van der Waals surface area contributed by atoms with Crippen LogP contribution in [0.1, 0.15) is 83.1 Å². The first kappa shape index (κ1) is 20.6. The van der Waals surface area contributed by atoms with Crippen molar-refractivity contribution >= 4 is 22.4 Å². The number of nitrogens with zero attached hydrogens (tertiary/aromatic N) is 1. The first-order valence-corrected chi connectivity index (χ1v) is 12.7. The second-order valence-corrected chi connectivity index (χ2v) is 10.3. The van der Waals surface area contributed by atoms with Crippen LogP contribution < -0.4 is 4.74 Å². The molecular weight excluding hydrogens is 390 g/mol. The molecule has 0 aromatic heterocycles. The molecule has 30 heavy (non-hydrogen) atoms. The molecule has 0 amide bonds. The molecule has 0 spiro atoms. The van der Waals surface area contributed by atoms with Crippen molar-refractivity contribution in [3.63, 3.8) is 0 Å². The summed E-state index contributed by atoms with van der Waals surface area (Å²) in [5.74, 6) is 1.75. The number of ether oxygens (including phenoxy) is 1. The molecule has 3 fully saturated rings. The molecule has 2 saturated heterocycles. The van der Waals surface area contributed by atoms with Gasteiger partial charge in [0.05, 0.1) is 11.1 Å².